The Balaban J connectivity index is 2.09. The van der Waals surface area contributed by atoms with Crippen LogP contribution in [0.4, 0.5) is 0 Å². The van der Waals surface area contributed by atoms with Crippen molar-refractivity contribution >= 4 is 0 Å². The molecule has 1 aliphatic heterocycles. The number of nitrogens with zero attached hydrogens (tertiary/aromatic N) is 1. The number of hydrogen-bond donors (Lipinski definition) is 2. The Morgan fingerprint density at radius 1 is 1.27 bits per heavy atom. The molecule has 64 valence electrons. The molecular formula is C8H17N3. The van der Waals surface area contributed by atoms with Crippen molar-refractivity contribution in [2.24, 2.45) is 5.73 Å². The summed E-state index contributed by atoms with van der Waals surface area (Å²) in [6.07, 6.45) is 4.16. The van der Waals surface area contributed by atoms with Gasteiger partial charge in [0.1, 0.15) is 0 Å². The molecule has 0 aromatic heterocycles. The topological polar surface area (TPSA) is 41.3 Å². The number of piperazine rings is 1. The number of nitrogens with one attached hydrogen (secondary N) is 1. The van der Waals surface area contributed by atoms with Crippen molar-refractivity contribution in [3.8, 4) is 0 Å². The zero-order valence-electron chi connectivity index (χ0n) is 6.92. The zero-order chi connectivity index (χ0) is 7.94. The Morgan fingerprint density at radius 3 is 2.64 bits per heavy atom. The summed E-state index contributed by atoms with van der Waals surface area (Å²) >= 11 is 0. The Kier molecular flexibility index (Phi) is 4.19. The summed E-state index contributed by atoms with van der Waals surface area (Å²) < 4.78 is 0. The van der Waals surface area contributed by atoms with E-state index in [0.29, 0.717) is 6.54 Å². The first-order chi connectivity index (χ1) is 5.43. The normalized spacial score (nSPS) is 21.2. The fourth-order valence-electron chi connectivity index (χ4n) is 1.21. The van der Waals surface area contributed by atoms with Gasteiger partial charge in [0.05, 0.1) is 0 Å². The quantitative estimate of drug-likeness (QED) is 0.535. The van der Waals surface area contributed by atoms with Gasteiger partial charge in [0.15, 0.2) is 0 Å². The molecule has 0 aromatic carbocycles. The SMILES string of the molecule is NC/C=C\CN1CCNCC1. The second-order valence-corrected chi connectivity index (χ2v) is 2.76. The van der Waals surface area contributed by atoms with Gasteiger partial charge in [-0.15, -0.1) is 0 Å². The average Bonchev–Trinajstić information content (AvgIpc) is 2.07. The Hall–Kier alpha value is -0.380. The van der Waals surface area contributed by atoms with Crippen LogP contribution in [-0.2, 0) is 0 Å². The first-order valence-corrected chi connectivity index (χ1v) is 4.21. The highest BCUT2D eigenvalue weighted by Crippen LogP contribution is 1.91. The van der Waals surface area contributed by atoms with Gasteiger partial charge < -0.3 is 11.1 Å². The van der Waals surface area contributed by atoms with Gasteiger partial charge in [-0.05, 0) is 0 Å². The summed E-state index contributed by atoms with van der Waals surface area (Å²) in [4.78, 5) is 2.42. The molecule has 1 saturated heterocycles. The molecule has 3 N–H and O–H groups in total. The molecule has 0 atom stereocenters. The van der Waals surface area contributed by atoms with Crippen molar-refractivity contribution in [1.29, 1.82) is 0 Å². The van der Waals surface area contributed by atoms with Gasteiger partial charge in [0, 0.05) is 39.3 Å². The molecule has 0 spiro atoms. The molecule has 1 fully saturated rings. The smallest absolute Gasteiger partial charge is 0.0164 e. The molecule has 0 unspecified atom stereocenters. The van der Waals surface area contributed by atoms with E-state index in [9.17, 15) is 0 Å². The van der Waals surface area contributed by atoms with Crippen LogP contribution >= 0.6 is 0 Å². The Bertz CT molecular complexity index is 117. The lowest BCUT2D eigenvalue weighted by Crippen LogP contribution is -2.43. The minimum atomic E-state index is 0.659. The molecular weight excluding hydrogens is 138 g/mol. The third-order valence-electron chi connectivity index (χ3n) is 1.88. The molecule has 3 nitrogen and oxygen atoms in total. The monoisotopic (exact) mass is 155 g/mol. The second-order valence-electron chi connectivity index (χ2n) is 2.76. The van der Waals surface area contributed by atoms with E-state index in [1.165, 1.54) is 0 Å². The van der Waals surface area contributed by atoms with Crippen LogP contribution in [0.2, 0.25) is 0 Å². The zero-order valence-corrected chi connectivity index (χ0v) is 6.92. The van der Waals surface area contributed by atoms with E-state index in [1.807, 2.05) is 6.08 Å². The molecule has 11 heavy (non-hydrogen) atoms. The van der Waals surface area contributed by atoms with E-state index < -0.39 is 0 Å². The lowest BCUT2D eigenvalue weighted by atomic mass is 10.3. The van der Waals surface area contributed by atoms with Gasteiger partial charge in [-0.1, -0.05) is 12.2 Å². The molecule has 0 saturated carbocycles. The lowest BCUT2D eigenvalue weighted by Gasteiger charge is -2.25. The van der Waals surface area contributed by atoms with Crippen molar-refractivity contribution in [3.05, 3.63) is 12.2 Å². The minimum Gasteiger partial charge on any atom is -0.327 e. The van der Waals surface area contributed by atoms with Crippen molar-refractivity contribution < 1.29 is 0 Å². The van der Waals surface area contributed by atoms with Gasteiger partial charge >= 0.3 is 0 Å². The van der Waals surface area contributed by atoms with Gasteiger partial charge in [0.2, 0.25) is 0 Å². The summed E-state index contributed by atoms with van der Waals surface area (Å²) in [7, 11) is 0. The highest BCUT2D eigenvalue weighted by atomic mass is 15.2. The largest absolute Gasteiger partial charge is 0.327 e. The van der Waals surface area contributed by atoms with Gasteiger partial charge in [0.25, 0.3) is 0 Å². The van der Waals surface area contributed by atoms with Crippen LogP contribution in [0, 0.1) is 0 Å². The average molecular weight is 155 g/mol. The first kappa shape index (κ1) is 8.71. The first-order valence-electron chi connectivity index (χ1n) is 4.21. The van der Waals surface area contributed by atoms with E-state index in [2.05, 4.69) is 16.3 Å². The molecule has 1 rings (SSSR count). The van der Waals surface area contributed by atoms with Crippen molar-refractivity contribution in [2.45, 2.75) is 0 Å². The van der Waals surface area contributed by atoms with Crippen molar-refractivity contribution in [2.75, 3.05) is 39.3 Å². The summed E-state index contributed by atoms with van der Waals surface area (Å²) in [6.45, 7) is 6.28. The van der Waals surface area contributed by atoms with Crippen molar-refractivity contribution in [1.82, 2.24) is 10.2 Å². The van der Waals surface area contributed by atoms with E-state index in [0.717, 1.165) is 32.7 Å². The van der Waals surface area contributed by atoms with Crippen LogP contribution in [0.1, 0.15) is 0 Å². The van der Waals surface area contributed by atoms with E-state index >= 15 is 0 Å². The predicted molar refractivity (Wildman–Crippen MR) is 47.5 cm³/mol. The molecule has 1 aliphatic rings. The summed E-state index contributed by atoms with van der Waals surface area (Å²) in [5, 5.41) is 3.31. The molecule has 0 aliphatic carbocycles. The van der Waals surface area contributed by atoms with Crippen LogP contribution in [-0.4, -0.2) is 44.2 Å². The van der Waals surface area contributed by atoms with Crippen LogP contribution in [0.3, 0.4) is 0 Å². The summed E-state index contributed by atoms with van der Waals surface area (Å²) in [5.41, 5.74) is 5.33. The van der Waals surface area contributed by atoms with Crippen molar-refractivity contribution in [3.63, 3.8) is 0 Å². The van der Waals surface area contributed by atoms with Crippen LogP contribution < -0.4 is 11.1 Å². The second kappa shape index (κ2) is 5.29. The summed E-state index contributed by atoms with van der Waals surface area (Å²) in [5.74, 6) is 0. The van der Waals surface area contributed by atoms with E-state index in [-0.39, 0.29) is 0 Å². The number of nitrogens with two attached hydrogens (primary N) is 1. The fraction of sp³-hybridized carbons (Fsp3) is 0.750. The van der Waals surface area contributed by atoms with Gasteiger partial charge in [-0.25, -0.2) is 0 Å². The highest BCUT2D eigenvalue weighted by molar-refractivity contribution is 4.86. The van der Waals surface area contributed by atoms with Gasteiger partial charge in [-0.3, -0.25) is 4.90 Å². The third kappa shape index (κ3) is 3.51. The standard InChI is InChI=1S/C8H17N3/c9-3-1-2-6-11-7-4-10-5-8-11/h1-2,10H,3-9H2/b2-1-. The van der Waals surface area contributed by atoms with E-state index in [1.54, 1.807) is 0 Å². The summed E-state index contributed by atoms with van der Waals surface area (Å²) in [6, 6.07) is 0. The molecule has 0 bridgehead atoms. The number of rotatable bonds is 3. The van der Waals surface area contributed by atoms with E-state index in [4.69, 9.17) is 5.73 Å². The highest BCUT2D eigenvalue weighted by Gasteiger charge is 2.05. The predicted octanol–water partition coefficient (Wildman–Crippen LogP) is -0.593. The minimum absolute atomic E-state index is 0.659. The van der Waals surface area contributed by atoms with Crippen LogP contribution in [0.15, 0.2) is 12.2 Å². The lowest BCUT2D eigenvalue weighted by molar-refractivity contribution is 0.264. The fourth-order valence-corrected chi connectivity index (χ4v) is 1.21. The maximum Gasteiger partial charge on any atom is 0.0164 e. The third-order valence-corrected chi connectivity index (χ3v) is 1.88. The van der Waals surface area contributed by atoms with Crippen LogP contribution in [0.25, 0.3) is 0 Å². The Morgan fingerprint density at radius 2 is 2.00 bits per heavy atom. The molecule has 0 aromatic rings. The Labute approximate surface area is 68.2 Å². The molecule has 0 radical (unpaired) electrons. The maximum atomic E-state index is 5.33. The maximum absolute atomic E-state index is 5.33. The molecule has 3 heteroatoms. The molecule has 1 heterocycles. The van der Waals surface area contributed by atoms with Crippen LogP contribution in [0.5, 0.6) is 0 Å². The molecule has 0 amide bonds. The van der Waals surface area contributed by atoms with Gasteiger partial charge in [-0.2, -0.15) is 0 Å². The number of hydrogen-bond acceptors (Lipinski definition) is 3.